The summed E-state index contributed by atoms with van der Waals surface area (Å²) in [4.78, 5) is 13.1. The van der Waals surface area contributed by atoms with E-state index in [0.717, 1.165) is 16.7 Å². The first-order chi connectivity index (χ1) is 16.0. The van der Waals surface area contributed by atoms with Crippen LogP contribution in [0.1, 0.15) is 22.6 Å². The van der Waals surface area contributed by atoms with E-state index >= 15 is 0 Å². The molecule has 0 radical (unpaired) electrons. The van der Waals surface area contributed by atoms with Crippen LogP contribution in [-0.4, -0.2) is 7.11 Å². The third-order valence-corrected chi connectivity index (χ3v) is 5.97. The molecule has 6 heteroatoms. The van der Waals surface area contributed by atoms with E-state index in [0.29, 0.717) is 28.0 Å². The minimum Gasteiger partial charge on any atom is -0.496 e. The molecule has 2 N–H and O–H groups in total. The summed E-state index contributed by atoms with van der Waals surface area (Å²) in [7, 11) is 1.61. The molecule has 3 aromatic carbocycles. The molecule has 162 valence electrons. The first-order valence-corrected chi connectivity index (χ1v) is 10.4. The highest BCUT2D eigenvalue weighted by atomic mass is 16.5. The van der Waals surface area contributed by atoms with Gasteiger partial charge in [-0.25, -0.2) is 4.79 Å². The van der Waals surface area contributed by atoms with Gasteiger partial charge in [0.1, 0.15) is 23.0 Å². The maximum atomic E-state index is 13.1. The van der Waals surface area contributed by atoms with Crippen LogP contribution in [0.25, 0.3) is 22.1 Å². The number of nitriles is 1. The smallest absolute Gasteiger partial charge is 0.344 e. The summed E-state index contributed by atoms with van der Waals surface area (Å²) in [5.74, 6) is 0.227. The van der Waals surface area contributed by atoms with Crippen molar-refractivity contribution in [3.8, 4) is 28.7 Å². The zero-order valence-electron chi connectivity index (χ0n) is 18.1. The lowest BCUT2D eigenvalue weighted by atomic mass is 9.82. The Morgan fingerprint density at radius 1 is 1.03 bits per heavy atom. The van der Waals surface area contributed by atoms with Crippen molar-refractivity contribution >= 4 is 11.0 Å². The molecule has 1 aliphatic rings. The standard InChI is InChI=1S/C27H20N2O4/c1-15-7-3-4-8-17(15)19-13-16(11-12-21(19)31-2)23-20(14-28)26(29)33-25-18-9-5-6-10-22(18)32-27(30)24(23)25/h3-13,23H,29H2,1-2H3. The van der Waals surface area contributed by atoms with Gasteiger partial charge in [-0.15, -0.1) is 0 Å². The van der Waals surface area contributed by atoms with Gasteiger partial charge < -0.3 is 19.6 Å². The topological polar surface area (TPSA) is 98.5 Å². The van der Waals surface area contributed by atoms with Crippen molar-refractivity contribution in [2.45, 2.75) is 12.8 Å². The van der Waals surface area contributed by atoms with Crippen LogP contribution in [0.3, 0.4) is 0 Å². The van der Waals surface area contributed by atoms with Crippen molar-refractivity contribution in [1.29, 1.82) is 5.26 Å². The van der Waals surface area contributed by atoms with Gasteiger partial charge in [0.15, 0.2) is 5.75 Å². The SMILES string of the molecule is COc1ccc(C2C(C#N)=C(N)Oc3c2c(=O)oc2ccccc32)cc1-c1ccccc1C. The Hall–Kier alpha value is -4.50. The molecule has 1 aliphatic heterocycles. The molecule has 1 aromatic heterocycles. The Morgan fingerprint density at radius 3 is 2.55 bits per heavy atom. The van der Waals surface area contributed by atoms with Crippen LogP contribution in [0.4, 0.5) is 0 Å². The minimum absolute atomic E-state index is 0.0287. The van der Waals surface area contributed by atoms with E-state index < -0.39 is 11.5 Å². The Morgan fingerprint density at radius 2 is 1.79 bits per heavy atom. The molecule has 0 saturated carbocycles. The van der Waals surface area contributed by atoms with E-state index in [2.05, 4.69) is 6.07 Å². The summed E-state index contributed by atoms with van der Waals surface area (Å²) in [5, 5.41) is 10.5. The average Bonchev–Trinajstić information content (AvgIpc) is 2.83. The van der Waals surface area contributed by atoms with Crippen LogP contribution in [-0.2, 0) is 0 Å². The largest absolute Gasteiger partial charge is 0.496 e. The highest BCUT2D eigenvalue weighted by Crippen LogP contribution is 2.45. The lowest BCUT2D eigenvalue weighted by molar-refractivity contribution is 0.388. The number of aryl methyl sites for hydroxylation is 1. The Labute approximate surface area is 190 Å². The van der Waals surface area contributed by atoms with Gasteiger partial charge in [0.05, 0.1) is 24.0 Å². The molecule has 0 amide bonds. The first-order valence-electron chi connectivity index (χ1n) is 10.4. The van der Waals surface area contributed by atoms with Gasteiger partial charge >= 0.3 is 5.63 Å². The lowest BCUT2D eigenvalue weighted by Crippen LogP contribution is -2.26. The number of nitrogens with zero attached hydrogens (tertiary/aromatic N) is 1. The summed E-state index contributed by atoms with van der Waals surface area (Å²) < 4.78 is 17.0. The molecular formula is C27H20N2O4. The molecule has 0 aliphatic carbocycles. The normalized spacial score (nSPS) is 15.0. The zero-order valence-corrected chi connectivity index (χ0v) is 18.1. The summed E-state index contributed by atoms with van der Waals surface area (Å²) in [6.07, 6.45) is 0. The van der Waals surface area contributed by atoms with Crippen molar-refractivity contribution in [3.63, 3.8) is 0 Å². The van der Waals surface area contributed by atoms with Gasteiger partial charge in [-0.3, -0.25) is 0 Å². The van der Waals surface area contributed by atoms with E-state index in [4.69, 9.17) is 19.6 Å². The molecule has 5 rings (SSSR count). The van der Waals surface area contributed by atoms with Gasteiger partial charge in [-0.2, -0.15) is 5.26 Å². The van der Waals surface area contributed by atoms with Gasteiger partial charge in [-0.05, 0) is 47.9 Å². The molecule has 2 heterocycles. The monoisotopic (exact) mass is 436 g/mol. The second-order valence-electron chi connectivity index (χ2n) is 7.83. The van der Waals surface area contributed by atoms with Crippen LogP contribution >= 0.6 is 0 Å². The molecule has 6 nitrogen and oxygen atoms in total. The average molecular weight is 436 g/mol. The molecular weight excluding hydrogens is 416 g/mol. The van der Waals surface area contributed by atoms with Crippen molar-refractivity contribution < 1.29 is 13.9 Å². The van der Waals surface area contributed by atoms with Crippen LogP contribution in [0, 0.1) is 18.3 Å². The van der Waals surface area contributed by atoms with Crippen molar-refractivity contribution in [2.24, 2.45) is 5.73 Å². The van der Waals surface area contributed by atoms with Gasteiger partial charge in [0, 0.05) is 5.56 Å². The fourth-order valence-corrected chi connectivity index (χ4v) is 4.39. The number of hydrogen-bond acceptors (Lipinski definition) is 6. The van der Waals surface area contributed by atoms with E-state index in [9.17, 15) is 10.1 Å². The number of allylic oxidation sites excluding steroid dienone is 1. The zero-order chi connectivity index (χ0) is 23.1. The van der Waals surface area contributed by atoms with Gasteiger partial charge in [0.2, 0.25) is 5.88 Å². The fraction of sp³-hybridized carbons (Fsp3) is 0.111. The molecule has 0 saturated heterocycles. The quantitative estimate of drug-likeness (QED) is 0.454. The van der Waals surface area contributed by atoms with E-state index in [-0.39, 0.29) is 17.0 Å². The van der Waals surface area contributed by atoms with Crippen molar-refractivity contribution in [3.05, 3.63) is 105 Å². The van der Waals surface area contributed by atoms with Crippen LogP contribution < -0.4 is 20.8 Å². The third kappa shape index (κ3) is 3.22. The predicted octanol–water partition coefficient (Wildman–Crippen LogP) is 5.00. The summed E-state index contributed by atoms with van der Waals surface area (Å²) in [6.45, 7) is 2.02. The number of nitrogens with two attached hydrogens (primary N) is 1. The van der Waals surface area contributed by atoms with Crippen molar-refractivity contribution in [2.75, 3.05) is 7.11 Å². The highest BCUT2D eigenvalue weighted by Gasteiger charge is 2.35. The molecule has 0 fully saturated rings. The Balaban J connectivity index is 1.81. The number of methoxy groups -OCH3 is 1. The highest BCUT2D eigenvalue weighted by molar-refractivity contribution is 5.86. The molecule has 33 heavy (non-hydrogen) atoms. The van der Waals surface area contributed by atoms with Gasteiger partial charge in [-0.1, -0.05) is 42.5 Å². The van der Waals surface area contributed by atoms with Crippen molar-refractivity contribution in [1.82, 2.24) is 0 Å². The Kier molecular flexibility index (Phi) is 4.87. The second kappa shape index (κ2) is 7.88. The number of hydrogen-bond donors (Lipinski definition) is 1. The van der Waals surface area contributed by atoms with E-state index in [1.165, 1.54) is 0 Å². The molecule has 1 atom stereocenters. The number of rotatable bonds is 3. The number of ether oxygens (including phenoxy) is 2. The van der Waals surface area contributed by atoms with Crippen LogP contribution in [0.2, 0.25) is 0 Å². The second-order valence-corrected chi connectivity index (χ2v) is 7.83. The molecule has 1 unspecified atom stereocenters. The number of fused-ring (bicyclic) bond motifs is 3. The number of benzene rings is 3. The van der Waals surface area contributed by atoms with Gasteiger partial charge in [0.25, 0.3) is 0 Å². The van der Waals surface area contributed by atoms with E-state index in [1.54, 1.807) is 25.3 Å². The third-order valence-electron chi connectivity index (χ3n) is 5.97. The van der Waals surface area contributed by atoms with E-state index in [1.807, 2.05) is 55.5 Å². The molecule has 4 aromatic rings. The summed E-state index contributed by atoms with van der Waals surface area (Å²) in [5.41, 5.74) is 10.0. The summed E-state index contributed by atoms with van der Waals surface area (Å²) >= 11 is 0. The maximum Gasteiger partial charge on any atom is 0.344 e. The Bertz CT molecular complexity index is 1540. The molecule has 0 spiro atoms. The van der Waals surface area contributed by atoms with Crippen LogP contribution in [0.5, 0.6) is 11.5 Å². The predicted molar refractivity (Wildman–Crippen MR) is 125 cm³/mol. The van der Waals surface area contributed by atoms with Crippen LogP contribution in [0.15, 0.2) is 87.4 Å². The first kappa shape index (κ1) is 20.4. The summed E-state index contributed by atoms with van der Waals surface area (Å²) in [6, 6.07) is 22.8. The number of para-hydroxylation sites is 1. The maximum absolute atomic E-state index is 13.1. The minimum atomic E-state index is -0.742. The lowest BCUT2D eigenvalue weighted by Gasteiger charge is -2.26. The molecule has 0 bridgehead atoms. The fourth-order valence-electron chi connectivity index (χ4n) is 4.39.